The molecule has 3 aromatic carbocycles. The lowest BCUT2D eigenvalue weighted by atomic mass is 9.95. The smallest absolute Gasteiger partial charge is 0.336 e. The number of aromatic amines is 1. The first-order chi connectivity index (χ1) is 16.3. The second-order valence-electron chi connectivity index (χ2n) is 7.46. The van der Waals surface area contributed by atoms with Crippen LogP contribution < -0.4 is 5.56 Å². The SMILES string of the molecule is CCc1ccc(C(=O)O)c(C)c1C(=O)O.N#Cc1[nH]c(=O)c2ccccc2c1-c1ccccc1. The van der Waals surface area contributed by atoms with E-state index in [-0.39, 0.29) is 16.7 Å². The minimum absolute atomic E-state index is 0.0459. The minimum atomic E-state index is -1.10. The Labute approximate surface area is 195 Å². The van der Waals surface area contributed by atoms with Crippen molar-refractivity contribution in [2.24, 2.45) is 0 Å². The number of nitrogens with one attached hydrogen (secondary N) is 1. The highest BCUT2D eigenvalue weighted by molar-refractivity contribution is 5.98. The molecule has 0 radical (unpaired) electrons. The van der Waals surface area contributed by atoms with Crippen molar-refractivity contribution in [1.82, 2.24) is 4.98 Å². The zero-order valence-corrected chi connectivity index (χ0v) is 18.6. The van der Waals surface area contributed by atoms with Gasteiger partial charge in [0.2, 0.25) is 0 Å². The first kappa shape index (κ1) is 24.0. The van der Waals surface area contributed by atoms with Crippen LogP contribution in [-0.4, -0.2) is 27.1 Å². The maximum atomic E-state index is 11.9. The van der Waals surface area contributed by atoms with Gasteiger partial charge in [0.25, 0.3) is 5.56 Å². The van der Waals surface area contributed by atoms with E-state index in [1.165, 1.54) is 13.0 Å². The summed E-state index contributed by atoms with van der Waals surface area (Å²) < 4.78 is 0. The number of benzene rings is 3. The number of nitrogens with zero attached hydrogens (tertiary/aromatic N) is 1. The van der Waals surface area contributed by atoms with Crippen LogP contribution in [0.3, 0.4) is 0 Å². The maximum Gasteiger partial charge on any atom is 0.336 e. The third-order valence-corrected chi connectivity index (χ3v) is 5.48. The molecule has 170 valence electrons. The van der Waals surface area contributed by atoms with Gasteiger partial charge in [-0.3, -0.25) is 4.79 Å². The molecule has 0 fully saturated rings. The molecule has 7 nitrogen and oxygen atoms in total. The summed E-state index contributed by atoms with van der Waals surface area (Å²) >= 11 is 0. The molecule has 0 saturated heterocycles. The largest absolute Gasteiger partial charge is 0.478 e. The molecule has 34 heavy (non-hydrogen) atoms. The van der Waals surface area contributed by atoms with Crippen LogP contribution in [0, 0.1) is 18.3 Å². The normalized spacial score (nSPS) is 10.1. The van der Waals surface area contributed by atoms with Gasteiger partial charge in [-0.1, -0.05) is 61.5 Å². The number of hydrogen-bond donors (Lipinski definition) is 3. The second kappa shape index (κ2) is 10.3. The lowest BCUT2D eigenvalue weighted by Gasteiger charge is -2.09. The van der Waals surface area contributed by atoms with Gasteiger partial charge in [-0.2, -0.15) is 5.26 Å². The molecule has 7 heteroatoms. The number of hydrogen-bond acceptors (Lipinski definition) is 4. The molecule has 1 aromatic heterocycles. The molecule has 1 heterocycles. The Morgan fingerprint density at radius 1 is 0.912 bits per heavy atom. The van der Waals surface area contributed by atoms with Crippen LogP contribution in [0.1, 0.15) is 44.5 Å². The predicted octanol–water partition coefficient (Wildman–Crippen LogP) is 5.02. The fraction of sp³-hybridized carbons (Fsp3) is 0.111. The highest BCUT2D eigenvalue weighted by Crippen LogP contribution is 2.28. The fourth-order valence-corrected chi connectivity index (χ4v) is 3.86. The number of aromatic nitrogens is 1. The van der Waals surface area contributed by atoms with Crippen molar-refractivity contribution in [1.29, 1.82) is 5.26 Å². The second-order valence-corrected chi connectivity index (χ2v) is 7.46. The first-order valence-corrected chi connectivity index (χ1v) is 10.5. The van der Waals surface area contributed by atoms with Crippen molar-refractivity contribution in [3.05, 3.63) is 105 Å². The average Bonchev–Trinajstić information content (AvgIpc) is 2.84. The quantitative estimate of drug-likeness (QED) is 0.397. The number of rotatable bonds is 4. The summed E-state index contributed by atoms with van der Waals surface area (Å²) in [5.41, 5.74) is 2.90. The summed E-state index contributed by atoms with van der Waals surface area (Å²) in [5.74, 6) is -2.18. The number of carbonyl (C=O) groups is 2. The van der Waals surface area contributed by atoms with Crippen LogP contribution in [-0.2, 0) is 6.42 Å². The van der Waals surface area contributed by atoms with Crippen molar-refractivity contribution in [3.63, 3.8) is 0 Å². The number of carboxylic acid groups (broad SMARTS) is 2. The van der Waals surface area contributed by atoms with Gasteiger partial charge in [-0.05, 0) is 47.6 Å². The number of aromatic carboxylic acids is 2. The summed E-state index contributed by atoms with van der Waals surface area (Å²) in [6.07, 6.45) is 0.572. The topological polar surface area (TPSA) is 131 Å². The Bertz CT molecular complexity index is 1480. The summed E-state index contributed by atoms with van der Waals surface area (Å²) in [5, 5.41) is 28.5. The number of aryl methyl sites for hydroxylation is 1. The monoisotopic (exact) mass is 454 g/mol. The van der Waals surface area contributed by atoms with Crippen LogP contribution in [0.25, 0.3) is 21.9 Å². The Morgan fingerprint density at radius 3 is 2.09 bits per heavy atom. The maximum absolute atomic E-state index is 11.9. The molecular formula is C27H22N2O5. The average molecular weight is 454 g/mol. The van der Waals surface area contributed by atoms with E-state index < -0.39 is 11.9 Å². The van der Waals surface area contributed by atoms with Crippen molar-refractivity contribution in [2.75, 3.05) is 0 Å². The molecule has 0 bridgehead atoms. The van der Waals surface area contributed by atoms with Crippen LogP contribution in [0.2, 0.25) is 0 Å². The van der Waals surface area contributed by atoms with Gasteiger partial charge in [-0.25, -0.2) is 9.59 Å². The summed E-state index contributed by atoms with van der Waals surface area (Å²) in [7, 11) is 0. The summed E-state index contributed by atoms with van der Waals surface area (Å²) in [4.78, 5) is 36.4. The van der Waals surface area contributed by atoms with Crippen molar-refractivity contribution < 1.29 is 19.8 Å². The molecule has 0 atom stereocenters. The highest BCUT2D eigenvalue weighted by atomic mass is 16.4. The summed E-state index contributed by atoms with van der Waals surface area (Å²) in [6.45, 7) is 3.35. The van der Waals surface area contributed by atoms with E-state index in [0.717, 1.165) is 16.5 Å². The number of pyridine rings is 1. The lowest BCUT2D eigenvalue weighted by Crippen LogP contribution is -2.10. The van der Waals surface area contributed by atoms with Gasteiger partial charge < -0.3 is 15.2 Å². The van der Waals surface area contributed by atoms with Crippen LogP contribution in [0.5, 0.6) is 0 Å². The zero-order chi connectivity index (χ0) is 24.8. The molecule has 4 rings (SSSR count). The number of carboxylic acids is 2. The van der Waals surface area contributed by atoms with Crippen LogP contribution >= 0.6 is 0 Å². The van der Waals surface area contributed by atoms with Gasteiger partial charge in [0.05, 0.1) is 11.1 Å². The molecule has 0 aliphatic rings. The molecule has 0 aliphatic carbocycles. The molecule has 0 saturated carbocycles. The van der Waals surface area contributed by atoms with Gasteiger partial charge in [0.1, 0.15) is 11.8 Å². The van der Waals surface area contributed by atoms with Crippen LogP contribution in [0.15, 0.2) is 71.5 Å². The molecule has 0 spiro atoms. The number of H-pyrrole nitrogens is 1. The highest BCUT2D eigenvalue weighted by Gasteiger charge is 2.18. The van der Waals surface area contributed by atoms with Crippen molar-refractivity contribution in [3.8, 4) is 17.2 Å². The molecule has 0 unspecified atom stereocenters. The van der Waals surface area contributed by atoms with Crippen molar-refractivity contribution >= 4 is 22.7 Å². The van der Waals surface area contributed by atoms with Gasteiger partial charge in [0.15, 0.2) is 0 Å². The molecule has 0 amide bonds. The van der Waals surface area contributed by atoms with E-state index in [1.54, 1.807) is 12.1 Å². The predicted molar refractivity (Wildman–Crippen MR) is 129 cm³/mol. The Morgan fingerprint density at radius 2 is 1.53 bits per heavy atom. The van der Waals surface area contributed by atoms with E-state index >= 15 is 0 Å². The number of nitriles is 1. The van der Waals surface area contributed by atoms with Gasteiger partial charge in [0, 0.05) is 10.9 Å². The molecule has 4 aromatic rings. The van der Waals surface area contributed by atoms with E-state index in [2.05, 4.69) is 11.1 Å². The van der Waals surface area contributed by atoms with Crippen molar-refractivity contribution in [2.45, 2.75) is 20.3 Å². The van der Waals surface area contributed by atoms with E-state index in [4.69, 9.17) is 10.2 Å². The third-order valence-electron chi connectivity index (χ3n) is 5.48. The Hall–Kier alpha value is -4.70. The Kier molecular flexibility index (Phi) is 7.24. The zero-order valence-electron chi connectivity index (χ0n) is 18.6. The molecule has 0 aliphatic heterocycles. The molecular weight excluding hydrogens is 432 g/mol. The Balaban J connectivity index is 0.000000197. The van der Waals surface area contributed by atoms with Gasteiger partial charge >= 0.3 is 11.9 Å². The minimum Gasteiger partial charge on any atom is -0.478 e. The molecule has 3 N–H and O–H groups in total. The van der Waals surface area contributed by atoms with E-state index in [9.17, 15) is 19.6 Å². The lowest BCUT2D eigenvalue weighted by molar-refractivity contribution is 0.0695. The van der Waals surface area contributed by atoms with E-state index in [0.29, 0.717) is 28.6 Å². The first-order valence-electron chi connectivity index (χ1n) is 10.5. The fourth-order valence-electron chi connectivity index (χ4n) is 3.86. The standard InChI is InChI=1S/C16H10N2O.C11H12O4/c17-10-14-15(11-6-2-1-3-7-11)12-8-4-5-9-13(12)16(19)18-14;1-3-7-4-5-8(10(12)13)6(2)9(7)11(14)15/h1-9H,(H,18,19);4-5H,3H2,1-2H3,(H,12,13)(H,14,15). The summed E-state index contributed by atoms with van der Waals surface area (Å²) in [6, 6.07) is 22.0. The van der Waals surface area contributed by atoms with Crippen LogP contribution in [0.4, 0.5) is 0 Å². The third kappa shape index (κ3) is 4.71. The van der Waals surface area contributed by atoms with E-state index in [1.807, 2.05) is 55.5 Å². The number of fused-ring (bicyclic) bond motifs is 1. The van der Waals surface area contributed by atoms with Gasteiger partial charge in [-0.15, -0.1) is 0 Å².